The van der Waals surface area contributed by atoms with E-state index in [4.69, 9.17) is 5.11 Å². The molecule has 0 amide bonds. The minimum absolute atomic E-state index is 0.235. The Kier molecular flexibility index (Phi) is 3.31. The number of aliphatic hydroxyl groups is 2. The van der Waals surface area contributed by atoms with Gasteiger partial charge in [0.05, 0.1) is 6.10 Å². The van der Waals surface area contributed by atoms with Crippen LogP contribution < -0.4 is 0 Å². The van der Waals surface area contributed by atoms with Crippen molar-refractivity contribution in [3.63, 3.8) is 0 Å². The first-order chi connectivity index (χ1) is 7.65. The van der Waals surface area contributed by atoms with Gasteiger partial charge in [-0.3, -0.25) is 0 Å². The smallest absolute Gasteiger partial charge is 0.0798 e. The minimum Gasteiger partial charge on any atom is -0.396 e. The molecule has 1 aliphatic carbocycles. The molecule has 2 rings (SSSR count). The van der Waals surface area contributed by atoms with Crippen LogP contribution in [0.2, 0.25) is 0 Å². The summed E-state index contributed by atoms with van der Waals surface area (Å²) in [4.78, 5) is 0. The predicted octanol–water partition coefficient (Wildman–Crippen LogP) is 2.21. The zero-order chi connectivity index (χ0) is 11.7. The fourth-order valence-electron chi connectivity index (χ4n) is 2.87. The van der Waals surface area contributed by atoms with Crippen molar-refractivity contribution >= 4 is 0 Å². The van der Waals surface area contributed by atoms with E-state index in [0.717, 1.165) is 31.2 Å². The summed E-state index contributed by atoms with van der Waals surface area (Å²) in [5.74, 6) is 0. The third-order valence-electron chi connectivity index (χ3n) is 3.67. The van der Waals surface area contributed by atoms with Crippen LogP contribution in [0.1, 0.15) is 46.8 Å². The van der Waals surface area contributed by atoms with Gasteiger partial charge in [-0.1, -0.05) is 6.07 Å². The summed E-state index contributed by atoms with van der Waals surface area (Å²) in [6, 6.07) is 2.21. The van der Waals surface area contributed by atoms with Crippen LogP contribution in [-0.2, 0) is 12.8 Å². The molecule has 1 atom stereocenters. The number of hydrogen-bond donors (Lipinski definition) is 2. The van der Waals surface area contributed by atoms with Gasteiger partial charge in [0.25, 0.3) is 0 Å². The molecule has 0 radical (unpaired) electrons. The van der Waals surface area contributed by atoms with Crippen molar-refractivity contribution < 1.29 is 10.2 Å². The Hall–Kier alpha value is -0.860. The lowest BCUT2D eigenvalue weighted by atomic mass is 9.91. The molecule has 0 saturated carbocycles. The highest BCUT2D eigenvalue weighted by molar-refractivity contribution is 5.48. The molecule has 0 heterocycles. The highest BCUT2D eigenvalue weighted by Gasteiger charge is 2.24. The molecular weight excluding hydrogens is 200 g/mol. The van der Waals surface area contributed by atoms with E-state index >= 15 is 0 Å². The number of hydrogen-bond acceptors (Lipinski definition) is 2. The SMILES string of the molecule is Cc1cc2c(c(C)c1CCCO)C(O)CC2. The van der Waals surface area contributed by atoms with Gasteiger partial charge in [-0.25, -0.2) is 0 Å². The number of aliphatic hydroxyl groups excluding tert-OH is 2. The maximum absolute atomic E-state index is 9.95. The van der Waals surface area contributed by atoms with E-state index < -0.39 is 0 Å². The first kappa shape index (κ1) is 11.6. The second-order valence-corrected chi connectivity index (χ2v) is 4.75. The van der Waals surface area contributed by atoms with Crippen molar-refractivity contribution in [2.24, 2.45) is 0 Å². The summed E-state index contributed by atoms with van der Waals surface area (Å²) >= 11 is 0. The van der Waals surface area contributed by atoms with Crippen LogP contribution in [0.5, 0.6) is 0 Å². The van der Waals surface area contributed by atoms with Crippen LogP contribution >= 0.6 is 0 Å². The summed E-state index contributed by atoms with van der Waals surface area (Å²) in [6.45, 7) is 4.47. The maximum Gasteiger partial charge on any atom is 0.0798 e. The highest BCUT2D eigenvalue weighted by Crippen LogP contribution is 2.36. The molecule has 0 bridgehead atoms. The van der Waals surface area contributed by atoms with Crippen molar-refractivity contribution in [3.05, 3.63) is 33.9 Å². The molecule has 1 aromatic carbocycles. The summed E-state index contributed by atoms with van der Waals surface area (Å²) in [5.41, 5.74) is 6.33. The van der Waals surface area contributed by atoms with E-state index in [-0.39, 0.29) is 12.7 Å². The Balaban J connectivity index is 2.42. The number of benzene rings is 1. The summed E-state index contributed by atoms with van der Waals surface area (Å²) in [5, 5.41) is 18.9. The van der Waals surface area contributed by atoms with Crippen LogP contribution in [0.15, 0.2) is 6.07 Å². The van der Waals surface area contributed by atoms with E-state index in [2.05, 4.69) is 19.9 Å². The largest absolute Gasteiger partial charge is 0.396 e. The van der Waals surface area contributed by atoms with Gasteiger partial charge in [0.1, 0.15) is 0 Å². The first-order valence-electron chi connectivity index (χ1n) is 6.06. The normalized spacial score (nSPS) is 18.9. The molecule has 1 aromatic rings. The fourth-order valence-corrected chi connectivity index (χ4v) is 2.87. The molecule has 2 N–H and O–H groups in total. The number of fused-ring (bicyclic) bond motifs is 1. The molecule has 0 saturated heterocycles. The molecule has 88 valence electrons. The van der Waals surface area contributed by atoms with Gasteiger partial charge in [-0.2, -0.15) is 0 Å². The predicted molar refractivity (Wildman–Crippen MR) is 64.6 cm³/mol. The molecule has 0 fully saturated rings. The summed E-state index contributed by atoms with van der Waals surface area (Å²) < 4.78 is 0. The minimum atomic E-state index is -0.275. The molecule has 16 heavy (non-hydrogen) atoms. The Morgan fingerprint density at radius 1 is 1.38 bits per heavy atom. The van der Waals surface area contributed by atoms with Gasteiger partial charge in [0, 0.05) is 6.61 Å². The van der Waals surface area contributed by atoms with Gasteiger partial charge in [-0.15, -0.1) is 0 Å². The molecule has 1 unspecified atom stereocenters. The third-order valence-corrected chi connectivity index (χ3v) is 3.67. The van der Waals surface area contributed by atoms with Gasteiger partial charge in [0.2, 0.25) is 0 Å². The highest BCUT2D eigenvalue weighted by atomic mass is 16.3. The summed E-state index contributed by atoms with van der Waals surface area (Å²) in [7, 11) is 0. The summed E-state index contributed by atoms with van der Waals surface area (Å²) in [6.07, 6.45) is 3.30. The van der Waals surface area contributed by atoms with Gasteiger partial charge >= 0.3 is 0 Å². The fraction of sp³-hybridized carbons (Fsp3) is 0.571. The number of aryl methyl sites for hydroxylation is 2. The molecule has 0 spiro atoms. The van der Waals surface area contributed by atoms with Crippen LogP contribution in [0.4, 0.5) is 0 Å². The average molecular weight is 220 g/mol. The molecular formula is C14H20O2. The Labute approximate surface area is 96.9 Å². The monoisotopic (exact) mass is 220 g/mol. The van der Waals surface area contributed by atoms with Crippen molar-refractivity contribution in [2.45, 2.75) is 45.6 Å². The van der Waals surface area contributed by atoms with Gasteiger partial charge in [-0.05, 0) is 67.3 Å². The quantitative estimate of drug-likeness (QED) is 0.820. The van der Waals surface area contributed by atoms with Crippen molar-refractivity contribution in [1.82, 2.24) is 0 Å². The standard InChI is InChI=1S/C14H20O2/c1-9-8-11-5-6-13(16)14(11)10(2)12(9)4-3-7-15/h8,13,15-16H,3-7H2,1-2H3. The van der Waals surface area contributed by atoms with Crippen LogP contribution in [0.25, 0.3) is 0 Å². The number of rotatable bonds is 3. The Bertz CT molecular complexity index is 396. The van der Waals surface area contributed by atoms with Crippen LogP contribution in [0.3, 0.4) is 0 Å². The maximum atomic E-state index is 9.95. The molecule has 0 aliphatic heterocycles. The van der Waals surface area contributed by atoms with Crippen LogP contribution in [0, 0.1) is 13.8 Å². The lowest BCUT2D eigenvalue weighted by Gasteiger charge is -2.16. The third kappa shape index (κ3) is 1.87. The van der Waals surface area contributed by atoms with E-state index in [9.17, 15) is 5.11 Å². The average Bonchev–Trinajstić information content (AvgIpc) is 2.60. The Morgan fingerprint density at radius 3 is 2.81 bits per heavy atom. The molecule has 1 aliphatic rings. The second kappa shape index (κ2) is 4.56. The first-order valence-corrected chi connectivity index (χ1v) is 6.06. The van der Waals surface area contributed by atoms with Crippen LogP contribution in [-0.4, -0.2) is 16.8 Å². The van der Waals surface area contributed by atoms with Gasteiger partial charge < -0.3 is 10.2 Å². The van der Waals surface area contributed by atoms with E-state index in [1.807, 2.05) is 0 Å². The van der Waals surface area contributed by atoms with Crippen molar-refractivity contribution in [2.75, 3.05) is 6.61 Å². The van der Waals surface area contributed by atoms with E-state index in [0.29, 0.717) is 0 Å². The Morgan fingerprint density at radius 2 is 2.12 bits per heavy atom. The van der Waals surface area contributed by atoms with Crippen molar-refractivity contribution in [3.8, 4) is 0 Å². The molecule has 2 heteroatoms. The zero-order valence-corrected chi connectivity index (χ0v) is 10.1. The second-order valence-electron chi connectivity index (χ2n) is 4.75. The molecule has 2 nitrogen and oxygen atoms in total. The van der Waals surface area contributed by atoms with E-state index in [1.165, 1.54) is 22.3 Å². The zero-order valence-electron chi connectivity index (χ0n) is 10.1. The van der Waals surface area contributed by atoms with E-state index in [1.54, 1.807) is 0 Å². The molecule has 0 aromatic heterocycles. The lowest BCUT2D eigenvalue weighted by Crippen LogP contribution is -2.03. The van der Waals surface area contributed by atoms with Gasteiger partial charge in [0.15, 0.2) is 0 Å². The topological polar surface area (TPSA) is 40.5 Å². The van der Waals surface area contributed by atoms with Crippen molar-refractivity contribution in [1.29, 1.82) is 0 Å². The lowest BCUT2D eigenvalue weighted by molar-refractivity contribution is 0.179.